The molecule has 0 saturated heterocycles. The Kier molecular flexibility index (Phi) is 7.08. The Morgan fingerprint density at radius 1 is 0.722 bits per heavy atom. The molecule has 0 amide bonds. The average molecular weight is 484 g/mol. The molecule has 186 valence electrons. The molecule has 0 radical (unpaired) electrons. The number of fused-ring (bicyclic) bond motifs is 2. The Balaban J connectivity index is 1.34. The molecule has 5 nitrogen and oxygen atoms in total. The van der Waals surface area contributed by atoms with Crippen molar-refractivity contribution in [1.29, 1.82) is 0 Å². The van der Waals surface area contributed by atoms with Crippen LogP contribution in [0.2, 0.25) is 0 Å². The number of ether oxygens (including phenoxy) is 2. The summed E-state index contributed by atoms with van der Waals surface area (Å²) in [5.41, 5.74) is 4.25. The lowest BCUT2D eigenvalue weighted by atomic mass is 9.71. The molecule has 0 aromatic heterocycles. The van der Waals surface area contributed by atoms with Crippen LogP contribution in [0.25, 0.3) is 0 Å². The molecule has 2 saturated carbocycles. The second kappa shape index (κ2) is 10.6. The molecule has 5 rings (SSSR count). The van der Waals surface area contributed by atoms with Crippen molar-refractivity contribution in [2.24, 2.45) is 23.7 Å². The van der Waals surface area contributed by atoms with E-state index in [1.54, 1.807) is 0 Å². The second-order valence-electron chi connectivity index (χ2n) is 10.2. The lowest BCUT2D eigenvalue weighted by Crippen LogP contribution is -2.39. The summed E-state index contributed by atoms with van der Waals surface area (Å²) in [7, 11) is 4.05. The van der Waals surface area contributed by atoms with E-state index in [1.165, 1.54) is 5.56 Å². The van der Waals surface area contributed by atoms with Gasteiger partial charge in [-0.1, -0.05) is 72.8 Å². The van der Waals surface area contributed by atoms with Gasteiger partial charge in [-0.15, -0.1) is 0 Å². The van der Waals surface area contributed by atoms with Crippen LogP contribution in [0.15, 0.2) is 84.9 Å². The van der Waals surface area contributed by atoms with Crippen molar-refractivity contribution >= 4 is 17.6 Å². The number of benzene rings is 3. The summed E-state index contributed by atoms with van der Waals surface area (Å²) >= 11 is 0. The van der Waals surface area contributed by atoms with E-state index in [0.717, 1.165) is 29.7 Å². The zero-order valence-corrected chi connectivity index (χ0v) is 20.9. The number of carbonyl (C=O) groups excluding carboxylic acids is 2. The fraction of sp³-hybridized carbons (Fsp3) is 0.355. The Labute approximate surface area is 213 Å². The van der Waals surface area contributed by atoms with Gasteiger partial charge in [-0.2, -0.15) is 0 Å². The summed E-state index contributed by atoms with van der Waals surface area (Å²) in [5, 5.41) is 0. The first-order chi connectivity index (χ1) is 17.5. The summed E-state index contributed by atoms with van der Waals surface area (Å²) in [6.07, 6.45) is 1.73. The largest absolute Gasteiger partial charge is 0.461 e. The van der Waals surface area contributed by atoms with Crippen molar-refractivity contribution in [1.82, 2.24) is 0 Å². The van der Waals surface area contributed by atoms with Crippen LogP contribution >= 0.6 is 0 Å². The quantitative estimate of drug-likeness (QED) is 0.391. The molecule has 2 bridgehead atoms. The van der Waals surface area contributed by atoms with Crippen LogP contribution in [0.1, 0.15) is 35.4 Å². The predicted octanol–water partition coefficient (Wildman–Crippen LogP) is 5.60. The number of nitrogens with zero attached hydrogens (tertiary/aromatic N) is 1. The molecular formula is C31H33NO4. The number of anilines is 1. The summed E-state index contributed by atoms with van der Waals surface area (Å²) in [6, 6.07) is 27.9. The minimum atomic E-state index is -0.491. The van der Waals surface area contributed by atoms with Crippen LogP contribution in [0.3, 0.4) is 0 Å². The van der Waals surface area contributed by atoms with Gasteiger partial charge in [-0.3, -0.25) is 9.59 Å². The van der Waals surface area contributed by atoms with E-state index in [4.69, 9.17) is 9.47 Å². The van der Waals surface area contributed by atoms with Gasteiger partial charge in [-0.05, 0) is 59.4 Å². The van der Waals surface area contributed by atoms with Gasteiger partial charge in [0.2, 0.25) is 0 Å². The van der Waals surface area contributed by atoms with Crippen molar-refractivity contribution in [2.75, 3.05) is 19.0 Å². The molecule has 2 fully saturated rings. The van der Waals surface area contributed by atoms with Crippen LogP contribution in [-0.4, -0.2) is 26.0 Å². The number of hydrogen-bond acceptors (Lipinski definition) is 5. The Bertz CT molecular complexity index is 1180. The SMILES string of the molecule is CN(C)c1ccc([C@H]2CC3CC2[C@@H](C(=O)OCc2ccccc2)[C@H]3C(=O)OCc2ccccc2)cc1. The number of esters is 2. The molecule has 5 atom stereocenters. The van der Waals surface area contributed by atoms with Crippen molar-refractivity contribution in [2.45, 2.75) is 32.0 Å². The number of rotatable bonds is 8. The summed E-state index contributed by atoms with van der Waals surface area (Å²) in [5.74, 6) is -1.10. The molecule has 2 unspecified atom stereocenters. The molecule has 2 aliphatic rings. The van der Waals surface area contributed by atoms with E-state index in [1.807, 2.05) is 74.8 Å². The minimum Gasteiger partial charge on any atom is -0.461 e. The molecule has 2 aliphatic carbocycles. The standard InChI is InChI=1S/C31H33NO4/c1-32(2)25-15-13-23(14-16-25)26-17-24-18-27(26)29(31(34)36-20-22-11-7-4-8-12-22)28(24)30(33)35-19-21-9-5-3-6-10-21/h3-16,24,26-29H,17-20H2,1-2H3/t24?,26-,27?,28+,29-/m1/s1. The fourth-order valence-corrected chi connectivity index (χ4v) is 6.07. The van der Waals surface area contributed by atoms with Gasteiger partial charge in [-0.25, -0.2) is 0 Å². The number of hydrogen-bond donors (Lipinski definition) is 0. The van der Waals surface area contributed by atoms with Crippen LogP contribution < -0.4 is 4.90 Å². The Morgan fingerprint density at radius 3 is 1.78 bits per heavy atom. The highest BCUT2D eigenvalue weighted by atomic mass is 16.5. The van der Waals surface area contributed by atoms with Gasteiger partial charge in [0, 0.05) is 19.8 Å². The monoisotopic (exact) mass is 483 g/mol. The van der Waals surface area contributed by atoms with Crippen molar-refractivity contribution in [3.05, 3.63) is 102 Å². The first kappa shape index (κ1) is 24.1. The van der Waals surface area contributed by atoms with E-state index in [9.17, 15) is 9.59 Å². The lowest BCUT2D eigenvalue weighted by Gasteiger charge is -2.33. The van der Waals surface area contributed by atoms with Gasteiger partial charge in [0.05, 0.1) is 11.8 Å². The third-order valence-electron chi connectivity index (χ3n) is 7.83. The third kappa shape index (κ3) is 5.01. The molecule has 36 heavy (non-hydrogen) atoms. The molecule has 0 aliphatic heterocycles. The smallest absolute Gasteiger partial charge is 0.310 e. The highest BCUT2D eigenvalue weighted by Crippen LogP contribution is 2.59. The molecule has 0 N–H and O–H groups in total. The number of carbonyl (C=O) groups is 2. The van der Waals surface area contributed by atoms with Crippen molar-refractivity contribution in [3.8, 4) is 0 Å². The van der Waals surface area contributed by atoms with E-state index in [0.29, 0.717) is 0 Å². The minimum absolute atomic E-state index is 0.0674. The molecule has 3 aromatic carbocycles. The third-order valence-corrected chi connectivity index (χ3v) is 7.83. The maximum absolute atomic E-state index is 13.5. The zero-order chi connectivity index (χ0) is 25.1. The normalized spacial score (nSPS) is 24.3. The first-order valence-electron chi connectivity index (χ1n) is 12.7. The Hall–Kier alpha value is -3.60. The maximum Gasteiger partial charge on any atom is 0.310 e. The van der Waals surface area contributed by atoms with E-state index < -0.39 is 11.8 Å². The van der Waals surface area contributed by atoms with Crippen LogP contribution in [0, 0.1) is 23.7 Å². The summed E-state index contributed by atoms with van der Waals surface area (Å²) in [4.78, 5) is 28.9. The average Bonchev–Trinajstić information content (AvgIpc) is 3.51. The van der Waals surface area contributed by atoms with E-state index in [-0.39, 0.29) is 42.9 Å². The summed E-state index contributed by atoms with van der Waals surface area (Å²) < 4.78 is 11.5. The lowest BCUT2D eigenvalue weighted by molar-refractivity contribution is -0.165. The van der Waals surface area contributed by atoms with Gasteiger partial charge in [0.25, 0.3) is 0 Å². The van der Waals surface area contributed by atoms with E-state index in [2.05, 4.69) is 29.2 Å². The van der Waals surface area contributed by atoms with Gasteiger partial charge in [0.1, 0.15) is 13.2 Å². The Morgan fingerprint density at radius 2 is 1.25 bits per heavy atom. The predicted molar refractivity (Wildman–Crippen MR) is 139 cm³/mol. The van der Waals surface area contributed by atoms with Gasteiger partial charge < -0.3 is 14.4 Å². The molecule has 5 heteroatoms. The maximum atomic E-state index is 13.5. The van der Waals surface area contributed by atoms with Gasteiger partial charge in [0.15, 0.2) is 0 Å². The highest BCUT2D eigenvalue weighted by Gasteiger charge is 2.59. The topological polar surface area (TPSA) is 55.8 Å². The molecule has 3 aromatic rings. The molecule has 0 spiro atoms. The van der Waals surface area contributed by atoms with Gasteiger partial charge >= 0.3 is 11.9 Å². The van der Waals surface area contributed by atoms with Crippen molar-refractivity contribution < 1.29 is 19.1 Å². The summed E-state index contributed by atoms with van der Waals surface area (Å²) in [6.45, 7) is 0.427. The fourth-order valence-electron chi connectivity index (χ4n) is 6.07. The highest BCUT2D eigenvalue weighted by molar-refractivity contribution is 5.84. The molecular weight excluding hydrogens is 450 g/mol. The second-order valence-corrected chi connectivity index (χ2v) is 10.2. The van der Waals surface area contributed by atoms with E-state index >= 15 is 0 Å². The molecule has 0 heterocycles. The van der Waals surface area contributed by atoms with Crippen molar-refractivity contribution in [3.63, 3.8) is 0 Å². The first-order valence-corrected chi connectivity index (χ1v) is 12.7. The van der Waals surface area contributed by atoms with Crippen LogP contribution in [0.4, 0.5) is 5.69 Å². The van der Waals surface area contributed by atoms with Crippen LogP contribution in [0.5, 0.6) is 0 Å². The van der Waals surface area contributed by atoms with Crippen LogP contribution in [-0.2, 0) is 32.3 Å². The zero-order valence-electron chi connectivity index (χ0n) is 20.9.